The van der Waals surface area contributed by atoms with Crippen molar-refractivity contribution in [2.45, 2.75) is 26.2 Å². The molecule has 0 saturated heterocycles. The van der Waals surface area contributed by atoms with Crippen LogP contribution in [0.3, 0.4) is 0 Å². The second-order valence-electron chi connectivity index (χ2n) is 3.70. The lowest BCUT2D eigenvalue weighted by Crippen LogP contribution is -2.35. The fourth-order valence-electron chi connectivity index (χ4n) is 1.42. The molecule has 0 fully saturated rings. The maximum Gasteiger partial charge on any atom is 0.214 e. The van der Waals surface area contributed by atoms with E-state index in [2.05, 4.69) is 0 Å². The number of sulfonamides is 1. The summed E-state index contributed by atoms with van der Waals surface area (Å²) in [5.41, 5.74) is 5.40. The summed E-state index contributed by atoms with van der Waals surface area (Å²) in [5.74, 6) is 0.158. The van der Waals surface area contributed by atoms with Crippen LogP contribution >= 0.6 is 0 Å². The molecule has 0 spiro atoms. The number of methoxy groups -OCH3 is 1. The molecule has 0 aliphatic rings. The van der Waals surface area contributed by atoms with Gasteiger partial charge in [-0.15, -0.1) is 0 Å². The van der Waals surface area contributed by atoms with E-state index in [9.17, 15) is 8.42 Å². The first-order valence-corrected chi connectivity index (χ1v) is 7.36. The predicted molar refractivity (Wildman–Crippen MR) is 65.8 cm³/mol. The van der Waals surface area contributed by atoms with Gasteiger partial charge in [-0.1, -0.05) is 6.92 Å². The summed E-state index contributed by atoms with van der Waals surface area (Å²) in [6.45, 7) is 4.08. The Morgan fingerprint density at radius 1 is 1.25 bits per heavy atom. The molecule has 16 heavy (non-hydrogen) atoms. The number of nitrogens with zero attached hydrogens (tertiary/aromatic N) is 1. The van der Waals surface area contributed by atoms with Crippen LogP contribution in [0.1, 0.15) is 26.2 Å². The fraction of sp³-hybridized carbons (Fsp3) is 1.00. The maximum atomic E-state index is 11.9. The van der Waals surface area contributed by atoms with Gasteiger partial charge in [0.15, 0.2) is 0 Å². The van der Waals surface area contributed by atoms with Crippen LogP contribution in [0.4, 0.5) is 0 Å². The third-order valence-electron chi connectivity index (χ3n) is 2.23. The van der Waals surface area contributed by atoms with Crippen molar-refractivity contribution in [1.82, 2.24) is 4.31 Å². The van der Waals surface area contributed by atoms with E-state index in [1.807, 2.05) is 6.92 Å². The van der Waals surface area contributed by atoms with E-state index in [-0.39, 0.29) is 5.75 Å². The molecule has 0 amide bonds. The van der Waals surface area contributed by atoms with Gasteiger partial charge in [0, 0.05) is 26.8 Å². The van der Waals surface area contributed by atoms with Gasteiger partial charge >= 0.3 is 0 Å². The molecular weight excluding hydrogens is 228 g/mol. The number of ether oxygens (including phenoxy) is 1. The van der Waals surface area contributed by atoms with Crippen LogP contribution in [0, 0.1) is 0 Å². The number of hydrogen-bond acceptors (Lipinski definition) is 4. The highest BCUT2D eigenvalue weighted by molar-refractivity contribution is 7.89. The zero-order valence-electron chi connectivity index (χ0n) is 10.3. The van der Waals surface area contributed by atoms with Crippen LogP contribution < -0.4 is 5.73 Å². The van der Waals surface area contributed by atoms with Crippen LogP contribution in [0.2, 0.25) is 0 Å². The van der Waals surface area contributed by atoms with Gasteiger partial charge in [-0.05, 0) is 25.8 Å². The Balaban J connectivity index is 4.25. The van der Waals surface area contributed by atoms with Crippen molar-refractivity contribution in [3.8, 4) is 0 Å². The summed E-state index contributed by atoms with van der Waals surface area (Å²) in [6, 6.07) is 0. The molecule has 0 atom stereocenters. The van der Waals surface area contributed by atoms with Gasteiger partial charge in [0.25, 0.3) is 0 Å². The van der Waals surface area contributed by atoms with E-state index in [1.54, 1.807) is 7.11 Å². The third-order valence-corrected chi connectivity index (χ3v) is 4.19. The summed E-state index contributed by atoms with van der Waals surface area (Å²) < 4.78 is 30.3. The summed E-state index contributed by atoms with van der Waals surface area (Å²) in [7, 11) is -1.56. The van der Waals surface area contributed by atoms with Crippen molar-refractivity contribution >= 4 is 10.0 Å². The van der Waals surface area contributed by atoms with E-state index in [4.69, 9.17) is 10.5 Å². The molecule has 0 radical (unpaired) electrons. The average molecular weight is 252 g/mol. The molecule has 98 valence electrons. The Labute approximate surface area is 99.0 Å². The summed E-state index contributed by atoms with van der Waals surface area (Å²) in [6.07, 6.45) is 2.08. The SMILES string of the molecule is CCCN(CCCN)S(=O)(=O)CCCOC. The molecule has 0 rings (SSSR count). The molecule has 0 aromatic heterocycles. The quantitative estimate of drug-likeness (QED) is 0.572. The molecule has 0 unspecified atom stereocenters. The molecule has 0 aromatic rings. The summed E-state index contributed by atoms with van der Waals surface area (Å²) in [5, 5.41) is 0. The molecule has 0 aliphatic carbocycles. The van der Waals surface area contributed by atoms with Crippen molar-refractivity contribution < 1.29 is 13.2 Å². The molecule has 6 heteroatoms. The normalized spacial score (nSPS) is 12.2. The van der Waals surface area contributed by atoms with Gasteiger partial charge in [-0.2, -0.15) is 0 Å². The number of hydrogen-bond donors (Lipinski definition) is 1. The summed E-state index contributed by atoms with van der Waals surface area (Å²) >= 11 is 0. The van der Waals surface area contributed by atoms with Gasteiger partial charge < -0.3 is 10.5 Å². The molecule has 0 saturated carbocycles. The first-order valence-electron chi connectivity index (χ1n) is 5.75. The van der Waals surface area contributed by atoms with Gasteiger partial charge in [-0.25, -0.2) is 12.7 Å². The van der Waals surface area contributed by atoms with Crippen LogP contribution in [0.15, 0.2) is 0 Å². The number of nitrogens with two attached hydrogens (primary N) is 1. The molecule has 5 nitrogen and oxygen atoms in total. The van der Waals surface area contributed by atoms with Crippen molar-refractivity contribution in [2.75, 3.05) is 39.1 Å². The Morgan fingerprint density at radius 3 is 2.44 bits per heavy atom. The van der Waals surface area contributed by atoms with Gasteiger partial charge in [0.05, 0.1) is 5.75 Å². The van der Waals surface area contributed by atoms with Crippen LogP contribution in [0.25, 0.3) is 0 Å². The fourth-order valence-corrected chi connectivity index (χ4v) is 3.03. The monoisotopic (exact) mass is 252 g/mol. The van der Waals surface area contributed by atoms with Gasteiger partial charge in [0.2, 0.25) is 10.0 Å². The molecule has 0 aromatic carbocycles. The van der Waals surface area contributed by atoms with Gasteiger partial charge in [-0.3, -0.25) is 0 Å². The van der Waals surface area contributed by atoms with E-state index >= 15 is 0 Å². The largest absolute Gasteiger partial charge is 0.385 e. The van der Waals surface area contributed by atoms with Gasteiger partial charge in [0.1, 0.15) is 0 Å². The van der Waals surface area contributed by atoms with Crippen LogP contribution in [0.5, 0.6) is 0 Å². The minimum Gasteiger partial charge on any atom is -0.385 e. The lowest BCUT2D eigenvalue weighted by Gasteiger charge is -2.21. The molecule has 0 bridgehead atoms. The van der Waals surface area contributed by atoms with E-state index < -0.39 is 10.0 Å². The molecule has 0 heterocycles. The lowest BCUT2D eigenvalue weighted by molar-refractivity contribution is 0.199. The first kappa shape index (κ1) is 15.8. The Bertz CT molecular complexity index is 255. The second kappa shape index (κ2) is 8.92. The van der Waals surface area contributed by atoms with E-state index in [0.717, 1.165) is 6.42 Å². The van der Waals surface area contributed by atoms with Crippen LogP contribution in [-0.4, -0.2) is 51.8 Å². The molecule has 2 N–H and O–H groups in total. The lowest BCUT2D eigenvalue weighted by atomic mass is 10.4. The van der Waals surface area contributed by atoms with Crippen molar-refractivity contribution in [1.29, 1.82) is 0 Å². The smallest absolute Gasteiger partial charge is 0.214 e. The summed E-state index contributed by atoms with van der Waals surface area (Å²) in [4.78, 5) is 0. The minimum atomic E-state index is -3.13. The van der Waals surface area contributed by atoms with E-state index in [0.29, 0.717) is 39.1 Å². The number of rotatable bonds is 10. The second-order valence-corrected chi connectivity index (χ2v) is 5.79. The topological polar surface area (TPSA) is 72.6 Å². The Morgan fingerprint density at radius 2 is 1.94 bits per heavy atom. The highest BCUT2D eigenvalue weighted by Crippen LogP contribution is 2.05. The molecular formula is C10H24N2O3S. The zero-order valence-corrected chi connectivity index (χ0v) is 11.1. The van der Waals surface area contributed by atoms with Crippen molar-refractivity contribution in [2.24, 2.45) is 5.73 Å². The first-order chi connectivity index (χ1) is 7.58. The average Bonchev–Trinajstić information content (AvgIpc) is 2.24. The predicted octanol–water partition coefficient (Wildman–Crippen LogP) is 0.414. The van der Waals surface area contributed by atoms with Crippen molar-refractivity contribution in [3.05, 3.63) is 0 Å². The van der Waals surface area contributed by atoms with Crippen LogP contribution in [-0.2, 0) is 14.8 Å². The van der Waals surface area contributed by atoms with Crippen molar-refractivity contribution in [3.63, 3.8) is 0 Å². The minimum absolute atomic E-state index is 0.158. The standard InChI is InChI=1S/C10H24N2O3S/c1-3-7-12(8-4-6-11)16(13,14)10-5-9-15-2/h3-11H2,1-2H3. The Kier molecular flexibility index (Phi) is 8.83. The molecule has 0 aliphatic heterocycles. The van der Waals surface area contributed by atoms with E-state index in [1.165, 1.54) is 4.31 Å². The zero-order chi connectivity index (χ0) is 12.4. The highest BCUT2D eigenvalue weighted by atomic mass is 32.2. The Hall–Kier alpha value is -0.170. The third kappa shape index (κ3) is 6.42. The maximum absolute atomic E-state index is 11.9. The highest BCUT2D eigenvalue weighted by Gasteiger charge is 2.19.